The van der Waals surface area contributed by atoms with E-state index in [0.29, 0.717) is 23.2 Å². The number of hydrogen-bond acceptors (Lipinski definition) is 6. The average molecular weight is 548 g/mol. The van der Waals surface area contributed by atoms with E-state index in [0.717, 1.165) is 69.1 Å². The van der Waals surface area contributed by atoms with Crippen LogP contribution in [0, 0.1) is 17.3 Å². The molecule has 5 rings (SSSR count). The molecule has 2 heterocycles. The van der Waals surface area contributed by atoms with Crippen molar-refractivity contribution in [3.63, 3.8) is 0 Å². The quantitative estimate of drug-likeness (QED) is 0.347. The monoisotopic (exact) mass is 547 g/mol. The van der Waals surface area contributed by atoms with E-state index in [-0.39, 0.29) is 29.8 Å². The van der Waals surface area contributed by atoms with Crippen LogP contribution in [0.1, 0.15) is 126 Å². The van der Waals surface area contributed by atoms with Gasteiger partial charge in [-0.3, -0.25) is 14.6 Å². The van der Waals surface area contributed by atoms with Gasteiger partial charge in [-0.05, 0) is 86.3 Å². The summed E-state index contributed by atoms with van der Waals surface area (Å²) in [6.45, 7) is 9.43. The summed E-state index contributed by atoms with van der Waals surface area (Å²) in [6, 6.07) is 7.73. The van der Waals surface area contributed by atoms with Crippen LogP contribution in [0.2, 0.25) is 0 Å². The van der Waals surface area contributed by atoms with Crippen LogP contribution in [0.4, 0.5) is 0 Å². The minimum atomic E-state index is -0.444. The van der Waals surface area contributed by atoms with Crippen molar-refractivity contribution in [2.45, 2.75) is 117 Å². The van der Waals surface area contributed by atoms with E-state index in [4.69, 9.17) is 4.99 Å². The molecule has 40 heavy (non-hydrogen) atoms. The maximum atomic E-state index is 14.2. The summed E-state index contributed by atoms with van der Waals surface area (Å²) in [5.74, 6) is 1.64. The summed E-state index contributed by atoms with van der Waals surface area (Å²) in [7, 11) is 0. The van der Waals surface area contributed by atoms with Gasteiger partial charge in [0.1, 0.15) is 11.4 Å². The second-order valence-corrected chi connectivity index (χ2v) is 13.1. The van der Waals surface area contributed by atoms with E-state index < -0.39 is 5.66 Å². The number of hydrogen-bond donors (Lipinski definition) is 2. The molecule has 2 aliphatic carbocycles. The van der Waals surface area contributed by atoms with Gasteiger partial charge >= 0.3 is 0 Å². The van der Waals surface area contributed by atoms with Crippen molar-refractivity contribution in [1.29, 1.82) is 0 Å². The fourth-order valence-electron chi connectivity index (χ4n) is 6.55. The fourth-order valence-corrected chi connectivity index (χ4v) is 6.55. The number of aromatic nitrogens is 4. The van der Waals surface area contributed by atoms with Gasteiger partial charge < -0.3 is 10.2 Å². The summed E-state index contributed by atoms with van der Waals surface area (Å²) in [5.41, 5.74) is 2.27. The maximum Gasteiger partial charge on any atom is 0.270 e. The summed E-state index contributed by atoms with van der Waals surface area (Å²) < 4.78 is 0. The lowest BCUT2D eigenvalue weighted by Crippen LogP contribution is -2.51. The molecule has 2 aromatic rings. The zero-order valence-electron chi connectivity index (χ0n) is 24.6. The highest BCUT2D eigenvalue weighted by molar-refractivity contribution is 6.40. The first kappa shape index (κ1) is 28.4. The van der Waals surface area contributed by atoms with Gasteiger partial charge in [0, 0.05) is 5.56 Å². The highest BCUT2D eigenvalue weighted by Gasteiger charge is 2.52. The summed E-state index contributed by atoms with van der Waals surface area (Å²) in [4.78, 5) is 34.4. The predicted molar refractivity (Wildman–Crippen MR) is 154 cm³/mol. The van der Waals surface area contributed by atoms with Crippen molar-refractivity contribution in [2.24, 2.45) is 22.2 Å². The van der Waals surface area contributed by atoms with Crippen LogP contribution < -0.4 is 5.32 Å². The Balaban J connectivity index is 1.40. The largest absolute Gasteiger partial charge is 0.345 e. The van der Waals surface area contributed by atoms with E-state index in [1.165, 1.54) is 12.8 Å². The number of amides is 2. The lowest BCUT2D eigenvalue weighted by atomic mass is 9.69. The molecule has 1 aromatic carbocycles. The third-order valence-corrected chi connectivity index (χ3v) is 9.19. The average Bonchev–Trinajstić information content (AvgIpc) is 3.52. The molecule has 1 spiro atoms. The van der Waals surface area contributed by atoms with E-state index >= 15 is 0 Å². The molecule has 0 bridgehead atoms. The smallest absolute Gasteiger partial charge is 0.270 e. The number of rotatable bonds is 11. The number of carbonyl (C=O) groups is 2. The van der Waals surface area contributed by atoms with E-state index in [2.05, 4.69) is 58.5 Å². The molecule has 9 heteroatoms. The molecular formula is C31H45N7O2. The van der Waals surface area contributed by atoms with Crippen molar-refractivity contribution in [2.75, 3.05) is 0 Å². The van der Waals surface area contributed by atoms with Gasteiger partial charge in [-0.1, -0.05) is 64.3 Å². The Morgan fingerprint density at radius 2 is 1.85 bits per heavy atom. The zero-order valence-corrected chi connectivity index (χ0v) is 24.6. The van der Waals surface area contributed by atoms with Crippen LogP contribution >= 0.6 is 0 Å². The number of nitrogens with one attached hydrogen (secondary N) is 2. The molecule has 9 nitrogen and oxygen atoms in total. The highest BCUT2D eigenvalue weighted by Crippen LogP contribution is 2.50. The number of H-pyrrole nitrogens is 1. The molecule has 1 aliphatic heterocycles. The summed E-state index contributed by atoms with van der Waals surface area (Å²) in [6.07, 6.45) is 11.5. The van der Waals surface area contributed by atoms with Crippen LogP contribution in [-0.4, -0.2) is 48.7 Å². The Bertz CT molecular complexity index is 1190. The van der Waals surface area contributed by atoms with Crippen LogP contribution in [-0.2, 0) is 11.3 Å². The molecule has 3 aliphatic rings. The van der Waals surface area contributed by atoms with E-state index in [1.54, 1.807) is 0 Å². The molecule has 1 atom stereocenters. The number of nitrogens with zero attached hydrogens (tertiary/aromatic N) is 5. The predicted octanol–water partition coefficient (Wildman–Crippen LogP) is 5.77. The van der Waals surface area contributed by atoms with Gasteiger partial charge in [0.2, 0.25) is 0 Å². The van der Waals surface area contributed by atoms with Crippen molar-refractivity contribution >= 4 is 17.5 Å². The third kappa shape index (κ3) is 6.28. The highest BCUT2D eigenvalue weighted by atomic mass is 16.2. The Kier molecular flexibility index (Phi) is 8.38. The van der Waals surface area contributed by atoms with Gasteiger partial charge in [-0.2, -0.15) is 5.21 Å². The van der Waals surface area contributed by atoms with Crippen molar-refractivity contribution in [3.8, 4) is 0 Å². The summed E-state index contributed by atoms with van der Waals surface area (Å²) in [5, 5.41) is 16.5. The van der Waals surface area contributed by atoms with Crippen molar-refractivity contribution in [1.82, 2.24) is 30.8 Å². The molecule has 0 saturated heterocycles. The van der Waals surface area contributed by atoms with E-state index in [1.807, 2.05) is 24.3 Å². The van der Waals surface area contributed by atoms with Gasteiger partial charge in [-0.15, -0.1) is 10.2 Å². The van der Waals surface area contributed by atoms with Crippen LogP contribution in [0.5, 0.6) is 0 Å². The van der Waals surface area contributed by atoms with Crippen LogP contribution in [0.15, 0.2) is 29.3 Å². The van der Waals surface area contributed by atoms with Gasteiger partial charge in [0.25, 0.3) is 11.8 Å². The first-order valence-corrected chi connectivity index (χ1v) is 15.2. The van der Waals surface area contributed by atoms with Crippen molar-refractivity contribution in [3.05, 3.63) is 41.2 Å². The number of tetrazole rings is 1. The van der Waals surface area contributed by atoms with Gasteiger partial charge in [0.05, 0.1) is 12.6 Å². The second kappa shape index (κ2) is 11.8. The Morgan fingerprint density at radius 1 is 1.12 bits per heavy atom. The minimum Gasteiger partial charge on any atom is -0.345 e. The van der Waals surface area contributed by atoms with E-state index in [9.17, 15) is 9.59 Å². The minimum absolute atomic E-state index is 0.0536. The Labute approximate surface area is 238 Å². The Hall–Kier alpha value is -3.10. The molecule has 0 radical (unpaired) electrons. The molecule has 216 valence electrons. The molecule has 2 N–H and O–H groups in total. The normalized spacial score (nSPS) is 23.9. The van der Waals surface area contributed by atoms with Crippen LogP contribution in [0.3, 0.4) is 0 Å². The SMILES string of the molecule is CCCCC[C@H](c1ccc(C(=O)NCc2nn[nH]n2)cc1)N1C(=O)C(CC2CC2)=NC12CCC(C(C)(C)C)CC2. The molecule has 0 unspecified atom stereocenters. The lowest BCUT2D eigenvalue weighted by Gasteiger charge is -2.47. The third-order valence-electron chi connectivity index (χ3n) is 9.19. The lowest BCUT2D eigenvalue weighted by molar-refractivity contribution is -0.134. The number of aliphatic imine (C=N–C) groups is 1. The number of unbranched alkanes of at least 4 members (excludes halogenated alkanes) is 2. The maximum absolute atomic E-state index is 14.2. The second-order valence-electron chi connectivity index (χ2n) is 13.1. The first-order valence-electron chi connectivity index (χ1n) is 15.2. The Morgan fingerprint density at radius 3 is 2.45 bits per heavy atom. The number of aromatic amines is 1. The molecule has 2 saturated carbocycles. The topological polar surface area (TPSA) is 116 Å². The first-order chi connectivity index (χ1) is 19.2. The molecule has 1 aromatic heterocycles. The number of carbonyl (C=O) groups excluding carboxylic acids is 2. The van der Waals surface area contributed by atoms with Crippen LogP contribution in [0.25, 0.3) is 0 Å². The standard InChI is InChI=1S/C31H45N7O2/c1-5-6-7-8-26(22-11-13-23(14-12-22)28(39)32-20-27-34-36-37-35-27)38-29(40)25(19-21-9-10-21)33-31(38)17-15-24(16-18-31)30(2,3)4/h11-14,21,24,26H,5-10,15-20H2,1-4H3,(H,32,39)(H,34,35,36,37)/t24?,26-,31?/m1/s1. The zero-order chi connectivity index (χ0) is 28.3. The molecular weight excluding hydrogens is 502 g/mol. The number of benzene rings is 1. The van der Waals surface area contributed by atoms with Gasteiger partial charge in [0.15, 0.2) is 5.82 Å². The van der Waals surface area contributed by atoms with Gasteiger partial charge in [-0.25, -0.2) is 0 Å². The fraction of sp³-hybridized carbons (Fsp3) is 0.677. The summed E-state index contributed by atoms with van der Waals surface area (Å²) >= 11 is 0. The van der Waals surface area contributed by atoms with Crippen molar-refractivity contribution < 1.29 is 9.59 Å². The molecule has 2 amide bonds. The molecule has 2 fully saturated rings.